The van der Waals surface area contributed by atoms with E-state index in [4.69, 9.17) is 0 Å². The van der Waals surface area contributed by atoms with Gasteiger partial charge >= 0.3 is 6.18 Å². The van der Waals surface area contributed by atoms with E-state index in [9.17, 15) is 22.8 Å². The van der Waals surface area contributed by atoms with Crippen molar-refractivity contribution in [2.45, 2.75) is 19.1 Å². The first-order valence-corrected chi connectivity index (χ1v) is 8.40. The Morgan fingerprint density at radius 2 is 1.68 bits per heavy atom. The number of carbonyl (C=O) groups is 1. The van der Waals surface area contributed by atoms with Crippen molar-refractivity contribution in [2.75, 3.05) is 0 Å². The number of carbonyl (C=O) groups excluding carboxylic acids is 1. The fraction of sp³-hybridized carbons (Fsp3) is 0.150. The van der Waals surface area contributed by atoms with Gasteiger partial charge in [0.25, 0.3) is 11.5 Å². The topological polar surface area (TPSA) is 74.8 Å². The molecule has 3 rings (SSSR count). The highest BCUT2D eigenvalue weighted by molar-refractivity contribution is 5.92. The van der Waals surface area contributed by atoms with Crippen molar-refractivity contribution in [3.63, 3.8) is 0 Å². The van der Waals surface area contributed by atoms with Crippen LogP contribution in [0.25, 0.3) is 0 Å². The van der Waals surface area contributed by atoms with Gasteiger partial charge in [-0.05, 0) is 23.3 Å². The summed E-state index contributed by atoms with van der Waals surface area (Å²) in [6.45, 7) is 0.0134. The van der Waals surface area contributed by atoms with Crippen LogP contribution in [0.1, 0.15) is 33.0 Å². The van der Waals surface area contributed by atoms with Crippen molar-refractivity contribution in [1.29, 1.82) is 0 Å². The lowest BCUT2D eigenvalue weighted by atomic mass is 10.1. The van der Waals surface area contributed by atoms with E-state index in [1.165, 1.54) is 12.1 Å². The average molecular weight is 387 g/mol. The molecule has 28 heavy (non-hydrogen) atoms. The van der Waals surface area contributed by atoms with Gasteiger partial charge in [0.15, 0.2) is 0 Å². The number of alkyl halides is 3. The zero-order chi connectivity index (χ0) is 20.1. The van der Waals surface area contributed by atoms with Gasteiger partial charge in [-0.25, -0.2) is 4.98 Å². The number of hydrogen-bond acceptors (Lipinski definition) is 3. The van der Waals surface area contributed by atoms with E-state index in [2.05, 4.69) is 15.3 Å². The molecule has 3 aromatic rings. The molecule has 0 aliphatic rings. The Kier molecular flexibility index (Phi) is 5.58. The highest BCUT2D eigenvalue weighted by Gasteiger charge is 2.29. The van der Waals surface area contributed by atoms with Gasteiger partial charge in [0.05, 0.1) is 5.56 Å². The Morgan fingerprint density at radius 3 is 2.32 bits per heavy atom. The quantitative estimate of drug-likeness (QED) is 0.705. The molecule has 1 aromatic heterocycles. The minimum atomic E-state index is -4.41. The summed E-state index contributed by atoms with van der Waals surface area (Å²) >= 11 is 0. The van der Waals surface area contributed by atoms with Crippen LogP contribution in [-0.2, 0) is 19.1 Å². The zero-order valence-corrected chi connectivity index (χ0v) is 14.6. The summed E-state index contributed by atoms with van der Waals surface area (Å²) in [7, 11) is 0. The highest BCUT2D eigenvalue weighted by atomic mass is 19.4. The fourth-order valence-electron chi connectivity index (χ4n) is 2.58. The molecule has 0 fully saturated rings. The first-order valence-electron chi connectivity index (χ1n) is 8.40. The molecule has 1 heterocycles. The summed E-state index contributed by atoms with van der Waals surface area (Å²) in [6, 6.07) is 14.9. The minimum absolute atomic E-state index is 0.0134. The number of nitrogens with zero attached hydrogens (tertiary/aromatic N) is 1. The Morgan fingerprint density at radius 1 is 1.00 bits per heavy atom. The molecule has 1 amide bonds. The van der Waals surface area contributed by atoms with Gasteiger partial charge in [-0.15, -0.1) is 0 Å². The fourth-order valence-corrected chi connectivity index (χ4v) is 2.58. The third-order valence-corrected chi connectivity index (χ3v) is 3.97. The van der Waals surface area contributed by atoms with Gasteiger partial charge in [0, 0.05) is 19.0 Å². The van der Waals surface area contributed by atoms with Crippen molar-refractivity contribution in [2.24, 2.45) is 0 Å². The average Bonchev–Trinajstić information content (AvgIpc) is 2.66. The summed E-state index contributed by atoms with van der Waals surface area (Å²) < 4.78 is 37.7. The number of aromatic amines is 1. The van der Waals surface area contributed by atoms with E-state index in [0.717, 1.165) is 23.8 Å². The van der Waals surface area contributed by atoms with E-state index in [-0.39, 0.29) is 12.2 Å². The number of rotatable bonds is 5. The van der Waals surface area contributed by atoms with Gasteiger partial charge < -0.3 is 10.3 Å². The van der Waals surface area contributed by atoms with Crippen LogP contribution in [0, 0.1) is 0 Å². The summed E-state index contributed by atoms with van der Waals surface area (Å²) in [5.74, 6) is -0.237. The molecule has 0 saturated heterocycles. The molecule has 0 spiro atoms. The van der Waals surface area contributed by atoms with Gasteiger partial charge in [0.2, 0.25) is 0 Å². The normalized spacial score (nSPS) is 11.2. The molecule has 144 valence electrons. The van der Waals surface area contributed by atoms with Gasteiger partial charge in [-0.1, -0.05) is 42.5 Å². The van der Waals surface area contributed by atoms with E-state index < -0.39 is 23.2 Å². The Labute approximate surface area is 158 Å². The minimum Gasteiger partial charge on any atom is -0.347 e. The van der Waals surface area contributed by atoms with Crippen LogP contribution in [0.15, 0.2) is 65.5 Å². The summed E-state index contributed by atoms with van der Waals surface area (Å²) in [4.78, 5) is 30.9. The van der Waals surface area contributed by atoms with Crippen LogP contribution in [-0.4, -0.2) is 15.9 Å². The Hall–Kier alpha value is -3.42. The maximum Gasteiger partial charge on any atom is 0.416 e. The molecule has 0 unspecified atom stereocenters. The van der Waals surface area contributed by atoms with Crippen LogP contribution >= 0.6 is 0 Å². The lowest BCUT2D eigenvalue weighted by molar-refractivity contribution is -0.137. The van der Waals surface area contributed by atoms with E-state index in [1.54, 1.807) is 0 Å². The lowest BCUT2D eigenvalue weighted by Gasteiger charge is -2.09. The van der Waals surface area contributed by atoms with Gasteiger partial charge in [-0.2, -0.15) is 13.2 Å². The second-order valence-electron chi connectivity index (χ2n) is 6.12. The molecule has 0 radical (unpaired) electrons. The maximum absolute atomic E-state index is 12.6. The predicted molar refractivity (Wildman–Crippen MR) is 96.7 cm³/mol. The largest absolute Gasteiger partial charge is 0.416 e. The molecule has 2 aromatic carbocycles. The number of nitrogens with one attached hydrogen (secondary N) is 2. The van der Waals surface area contributed by atoms with E-state index in [0.29, 0.717) is 17.8 Å². The van der Waals surface area contributed by atoms with Crippen LogP contribution < -0.4 is 10.9 Å². The van der Waals surface area contributed by atoms with Crippen molar-refractivity contribution < 1.29 is 18.0 Å². The number of hydrogen-bond donors (Lipinski definition) is 2. The summed E-state index contributed by atoms with van der Waals surface area (Å²) in [6.07, 6.45) is -4.05. The van der Waals surface area contributed by atoms with E-state index >= 15 is 0 Å². The smallest absolute Gasteiger partial charge is 0.347 e. The Balaban J connectivity index is 1.68. The molecule has 0 aliphatic heterocycles. The second kappa shape index (κ2) is 8.08. The molecule has 8 heteroatoms. The van der Waals surface area contributed by atoms with Crippen LogP contribution in [0.2, 0.25) is 0 Å². The zero-order valence-electron chi connectivity index (χ0n) is 14.6. The Bertz CT molecular complexity index is 1010. The molecule has 0 aliphatic carbocycles. The van der Waals surface area contributed by atoms with E-state index in [1.807, 2.05) is 30.3 Å². The standard InChI is InChI=1S/C20H16F3N3O2/c21-20(22,23)15-8-6-14(7-9-15)12-24-19(28)16-11-18(27)26-17(25-16)10-13-4-2-1-3-5-13/h1-9,11H,10,12H2,(H,24,28)(H,25,26,27). The number of aromatic nitrogens is 2. The number of halogens is 3. The monoisotopic (exact) mass is 387 g/mol. The molecule has 2 N–H and O–H groups in total. The third kappa shape index (κ3) is 5.06. The molecule has 0 bridgehead atoms. The second-order valence-corrected chi connectivity index (χ2v) is 6.12. The highest BCUT2D eigenvalue weighted by Crippen LogP contribution is 2.29. The molecular weight excluding hydrogens is 371 g/mol. The molecule has 0 saturated carbocycles. The van der Waals surface area contributed by atoms with Crippen LogP contribution in [0.3, 0.4) is 0 Å². The van der Waals surface area contributed by atoms with Crippen molar-refractivity contribution in [3.05, 3.63) is 99.2 Å². The molecular formula is C20H16F3N3O2. The number of benzene rings is 2. The lowest BCUT2D eigenvalue weighted by Crippen LogP contribution is -2.26. The molecule has 0 atom stereocenters. The first kappa shape index (κ1) is 19.3. The van der Waals surface area contributed by atoms with Gasteiger partial charge in [-0.3, -0.25) is 9.59 Å². The van der Waals surface area contributed by atoms with Gasteiger partial charge in [0.1, 0.15) is 11.5 Å². The van der Waals surface area contributed by atoms with Crippen LogP contribution in [0.5, 0.6) is 0 Å². The first-order chi connectivity index (χ1) is 13.3. The number of H-pyrrole nitrogens is 1. The summed E-state index contributed by atoms with van der Waals surface area (Å²) in [5, 5.41) is 2.56. The van der Waals surface area contributed by atoms with Crippen molar-refractivity contribution >= 4 is 5.91 Å². The summed E-state index contributed by atoms with van der Waals surface area (Å²) in [5.41, 5.74) is 0.148. The van der Waals surface area contributed by atoms with Crippen LogP contribution in [0.4, 0.5) is 13.2 Å². The number of amides is 1. The SMILES string of the molecule is O=C(NCc1ccc(C(F)(F)F)cc1)c1cc(=O)[nH]c(Cc2ccccc2)n1. The maximum atomic E-state index is 12.6. The predicted octanol–water partition coefficient (Wildman–Crippen LogP) is 3.31. The van der Waals surface area contributed by atoms with Crippen molar-refractivity contribution in [1.82, 2.24) is 15.3 Å². The third-order valence-electron chi connectivity index (χ3n) is 3.97. The molecule has 5 nitrogen and oxygen atoms in total. The van der Waals surface area contributed by atoms with Crippen molar-refractivity contribution in [3.8, 4) is 0 Å².